The van der Waals surface area contributed by atoms with Crippen molar-refractivity contribution in [2.45, 2.75) is 50.1 Å². The van der Waals surface area contributed by atoms with Gasteiger partial charge in [0.15, 0.2) is 11.5 Å². The minimum Gasteiger partial charge on any atom is -0.454 e. The van der Waals surface area contributed by atoms with E-state index in [1.54, 1.807) is 18.2 Å². The van der Waals surface area contributed by atoms with Crippen LogP contribution in [0.4, 0.5) is 26.3 Å². The van der Waals surface area contributed by atoms with Gasteiger partial charge < -0.3 is 24.4 Å². The van der Waals surface area contributed by atoms with Gasteiger partial charge in [-0.05, 0) is 62.6 Å². The fourth-order valence-electron chi connectivity index (χ4n) is 5.52. The fourth-order valence-corrected chi connectivity index (χ4v) is 5.52. The number of hydrogen-bond donors (Lipinski definition) is 1. The summed E-state index contributed by atoms with van der Waals surface area (Å²) >= 11 is 0. The van der Waals surface area contributed by atoms with E-state index in [1.165, 1.54) is 11.9 Å². The summed E-state index contributed by atoms with van der Waals surface area (Å²) in [4.78, 5) is 19.5. The van der Waals surface area contributed by atoms with Crippen LogP contribution >= 0.6 is 0 Å². The average molecular weight is 604 g/mol. The molecule has 232 valence electrons. The highest BCUT2D eigenvalue weighted by atomic mass is 19.4. The maximum Gasteiger partial charge on any atom is 0.416 e. The van der Waals surface area contributed by atoms with E-state index in [0.717, 1.165) is 19.4 Å². The van der Waals surface area contributed by atoms with Crippen LogP contribution in [0.5, 0.6) is 11.5 Å². The van der Waals surface area contributed by atoms with Crippen molar-refractivity contribution in [3.63, 3.8) is 0 Å². The third kappa shape index (κ3) is 7.48. The first kappa shape index (κ1) is 31.9. The van der Waals surface area contributed by atoms with Gasteiger partial charge in [-0.25, -0.2) is 0 Å². The number of benzene rings is 2. The summed E-state index contributed by atoms with van der Waals surface area (Å²) in [5, 5.41) is 9.16. The van der Waals surface area contributed by atoms with Crippen LogP contribution in [0.15, 0.2) is 36.4 Å². The summed E-state index contributed by atoms with van der Waals surface area (Å²) in [6, 6.07) is 6.21. The first-order valence-corrected chi connectivity index (χ1v) is 13.8. The maximum absolute atomic E-state index is 14.0. The Morgan fingerprint density at radius 3 is 2.24 bits per heavy atom. The summed E-state index contributed by atoms with van der Waals surface area (Å²) < 4.78 is 91.2. The first-order valence-electron chi connectivity index (χ1n) is 13.8. The lowest BCUT2D eigenvalue weighted by Gasteiger charge is -2.41. The standard InChI is InChI=1S/C29H35F6N3O4/c1-36(10-4-14-39)22-8-12-38(13-9-22)25(23-5-3-6-24-26(23)42-18-41-24)27(40)37(2)11-7-19-15-20(28(30,31)32)17-21(16-19)29(33,34)35/h3,5-6,15-17,22,25,39H,4,7-14,18H2,1-2H3/t25-/m0/s1. The number of fused-ring (bicyclic) bond motifs is 1. The summed E-state index contributed by atoms with van der Waals surface area (Å²) in [7, 11) is 3.49. The van der Waals surface area contributed by atoms with Crippen molar-refractivity contribution in [1.29, 1.82) is 0 Å². The summed E-state index contributed by atoms with van der Waals surface area (Å²) in [6.45, 7) is 1.90. The molecule has 1 N–H and O–H groups in total. The van der Waals surface area contributed by atoms with Gasteiger partial charge in [0.1, 0.15) is 6.04 Å². The van der Waals surface area contributed by atoms with Crippen LogP contribution in [0.3, 0.4) is 0 Å². The number of aliphatic hydroxyl groups excluding tert-OH is 1. The molecule has 2 aliphatic heterocycles. The number of ether oxygens (including phenoxy) is 2. The van der Waals surface area contributed by atoms with E-state index in [9.17, 15) is 31.1 Å². The predicted molar refractivity (Wildman–Crippen MR) is 142 cm³/mol. The van der Waals surface area contributed by atoms with E-state index in [0.29, 0.717) is 48.7 Å². The Hall–Kier alpha value is -3.03. The Morgan fingerprint density at radius 2 is 1.64 bits per heavy atom. The molecule has 0 radical (unpaired) electrons. The lowest BCUT2D eigenvalue weighted by atomic mass is 9.96. The number of carbonyl (C=O) groups excluding carboxylic acids is 1. The van der Waals surface area contributed by atoms with Crippen LogP contribution < -0.4 is 9.47 Å². The molecule has 7 nitrogen and oxygen atoms in total. The van der Waals surface area contributed by atoms with Crippen molar-refractivity contribution in [1.82, 2.24) is 14.7 Å². The van der Waals surface area contributed by atoms with E-state index in [4.69, 9.17) is 14.6 Å². The Bertz CT molecular complexity index is 1200. The molecule has 4 rings (SSSR count). The molecule has 1 fully saturated rings. The topological polar surface area (TPSA) is 65.5 Å². The second-order valence-corrected chi connectivity index (χ2v) is 10.7. The SMILES string of the molecule is CN(CCc1cc(C(F)(F)F)cc(C(F)(F)F)c1)C(=O)[C@H](c1cccc2c1OCO2)N1CCC(N(C)CCCO)CC1. The minimum absolute atomic E-state index is 0.00208. The third-order valence-corrected chi connectivity index (χ3v) is 7.87. The quantitative estimate of drug-likeness (QED) is 0.387. The molecule has 0 spiro atoms. The summed E-state index contributed by atoms with van der Waals surface area (Å²) in [6.07, 6.45) is -7.90. The largest absolute Gasteiger partial charge is 0.454 e. The molecule has 0 saturated carbocycles. The highest BCUT2D eigenvalue weighted by Crippen LogP contribution is 2.42. The van der Waals surface area contributed by atoms with Gasteiger partial charge in [0.25, 0.3) is 0 Å². The number of alkyl halides is 6. The van der Waals surface area contributed by atoms with Gasteiger partial charge >= 0.3 is 12.4 Å². The Balaban J connectivity index is 1.55. The van der Waals surface area contributed by atoms with Gasteiger partial charge in [0.2, 0.25) is 12.7 Å². The van der Waals surface area contributed by atoms with Gasteiger partial charge in [-0.2, -0.15) is 26.3 Å². The molecule has 2 aliphatic rings. The fraction of sp³-hybridized carbons (Fsp3) is 0.552. The zero-order valence-corrected chi connectivity index (χ0v) is 23.5. The molecule has 0 unspecified atom stereocenters. The predicted octanol–water partition coefficient (Wildman–Crippen LogP) is 4.97. The number of piperidine rings is 1. The van der Waals surface area contributed by atoms with Crippen molar-refractivity contribution < 1.29 is 45.7 Å². The van der Waals surface area contributed by atoms with Crippen molar-refractivity contribution in [2.24, 2.45) is 0 Å². The Morgan fingerprint density at radius 1 is 1.00 bits per heavy atom. The van der Waals surface area contributed by atoms with E-state index in [-0.39, 0.29) is 49.9 Å². The molecule has 1 amide bonds. The number of carbonyl (C=O) groups is 1. The van der Waals surface area contributed by atoms with Gasteiger partial charge in [-0.3, -0.25) is 9.69 Å². The maximum atomic E-state index is 14.0. The van der Waals surface area contributed by atoms with E-state index < -0.39 is 29.5 Å². The van der Waals surface area contributed by atoms with Gasteiger partial charge in [0, 0.05) is 51.4 Å². The molecular formula is C29H35F6N3O4. The number of para-hydroxylation sites is 1. The summed E-state index contributed by atoms with van der Waals surface area (Å²) in [5.41, 5.74) is -2.35. The molecule has 2 heterocycles. The monoisotopic (exact) mass is 603 g/mol. The molecule has 1 atom stereocenters. The number of hydrogen-bond acceptors (Lipinski definition) is 6. The van der Waals surface area contributed by atoms with Gasteiger partial charge in [-0.1, -0.05) is 12.1 Å². The van der Waals surface area contributed by atoms with Crippen LogP contribution in [0, 0.1) is 0 Å². The van der Waals surface area contributed by atoms with Crippen LogP contribution in [0.1, 0.15) is 47.6 Å². The van der Waals surface area contributed by atoms with E-state index in [1.807, 2.05) is 11.9 Å². The number of amides is 1. The first-order chi connectivity index (χ1) is 19.8. The smallest absolute Gasteiger partial charge is 0.416 e. The van der Waals surface area contributed by atoms with Crippen molar-refractivity contribution >= 4 is 5.91 Å². The van der Waals surface area contributed by atoms with E-state index in [2.05, 4.69) is 4.90 Å². The van der Waals surface area contributed by atoms with Crippen molar-refractivity contribution in [3.8, 4) is 11.5 Å². The molecule has 2 aromatic rings. The number of likely N-dealkylation sites (N-methyl/N-ethyl adjacent to an activating group) is 1. The zero-order valence-electron chi connectivity index (χ0n) is 23.5. The molecule has 0 aliphatic carbocycles. The molecule has 0 aromatic heterocycles. The second-order valence-electron chi connectivity index (χ2n) is 10.7. The number of rotatable bonds is 10. The number of nitrogens with zero attached hydrogens (tertiary/aromatic N) is 3. The van der Waals surface area contributed by atoms with Crippen molar-refractivity contribution in [2.75, 3.05) is 53.7 Å². The van der Waals surface area contributed by atoms with Crippen LogP contribution in [-0.2, 0) is 23.6 Å². The lowest BCUT2D eigenvalue weighted by Crippen LogP contribution is -2.49. The molecule has 2 aromatic carbocycles. The second kappa shape index (κ2) is 13.1. The van der Waals surface area contributed by atoms with Crippen molar-refractivity contribution in [3.05, 3.63) is 58.7 Å². The third-order valence-electron chi connectivity index (χ3n) is 7.87. The Kier molecular flexibility index (Phi) is 9.94. The highest BCUT2D eigenvalue weighted by molar-refractivity contribution is 5.84. The van der Waals surface area contributed by atoms with Gasteiger partial charge in [-0.15, -0.1) is 0 Å². The van der Waals surface area contributed by atoms with Crippen LogP contribution in [-0.4, -0.2) is 85.4 Å². The minimum atomic E-state index is -4.95. The van der Waals surface area contributed by atoms with Gasteiger partial charge in [0.05, 0.1) is 11.1 Å². The molecule has 1 saturated heterocycles. The molecule has 0 bridgehead atoms. The molecular weight excluding hydrogens is 568 g/mol. The van der Waals surface area contributed by atoms with E-state index >= 15 is 0 Å². The van der Waals surface area contributed by atoms with Crippen LogP contribution in [0.25, 0.3) is 0 Å². The summed E-state index contributed by atoms with van der Waals surface area (Å²) in [5.74, 6) is 0.586. The average Bonchev–Trinajstić information content (AvgIpc) is 3.44. The van der Waals surface area contributed by atoms with Crippen LogP contribution in [0.2, 0.25) is 0 Å². The Labute approximate surface area is 240 Å². The molecule has 42 heavy (non-hydrogen) atoms. The highest BCUT2D eigenvalue weighted by Gasteiger charge is 2.38. The number of aliphatic hydroxyl groups is 1. The molecule has 13 heteroatoms. The normalized spacial score (nSPS) is 17.1. The zero-order chi connectivity index (χ0) is 30.7. The lowest BCUT2D eigenvalue weighted by molar-refractivity contribution is -0.143. The number of halogens is 6. The number of likely N-dealkylation sites (tertiary alicyclic amines) is 1.